The summed E-state index contributed by atoms with van der Waals surface area (Å²) in [6.07, 6.45) is 10.0. The summed E-state index contributed by atoms with van der Waals surface area (Å²) in [6.45, 7) is 3.06. The first-order chi connectivity index (χ1) is 18.1. The van der Waals surface area contributed by atoms with Gasteiger partial charge in [0.1, 0.15) is 11.2 Å². The van der Waals surface area contributed by atoms with Crippen LogP contribution in [0.4, 0.5) is 0 Å². The summed E-state index contributed by atoms with van der Waals surface area (Å²) >= 11 is 6.28. The minimum absolute atomic E-state index is 0.0498. The van der Waals surface area contributed by atoms with E-state index in [1.165, 1.54) is 12.8 Å². The highest BCUT2D eigenvalue weighted by atomic mass is 35.5. The molecule has 2 heterocycles. The minimum Gasteiger partial charge on any atom is -0.354 e. The highest BCUT2D eigenvalue weighted by Gasteiger charge is 2.41. The minimum atomic E-state index is -0.765. The zero-order chi connectivity index (χ0) is 25.7. The monoisotopic (exact) mass is 521 g/mol. The molecule has 0 bridgehead atoms. The van der Waals surface area contributed by atoms with Crippen molar-refractivity contribution >= 4 is 29.3 Å². The number of benzene rings is 1. The maximum atomic E-state index is 13.6. The molecule has 0 atom stereocenters. The zero-order valence-electron chi connectivity index (χ0n) is 21.4. The summed E-state index contributed by atoms with van der Waals surface area (Å²) in [5, 5.41) is 3.69. The summed E-state index contributed by atoms with van der Waals surface area (Å²) < 4.78 is 0. The molecule has 3 fully saturated rings. The molecule has 2 aliphatic carbocycles. The number of carbonyl (C=O) groups is 2. The van der Waals surface area contributed by atoms with Gasteiger partial charge in [-0.15, -0.1) is 0 Å². The summed E-state index contributed by atoms with van der Waals surface area (Å²) in [7, 11) is 0. The first-order valence-corrected chi connectivity index (χ1v) is 14.0. The molecular weight excluding hydrogens is 486 g/mol. The topological polar surface area (TPSA) is 77.9 Å². The van der Waals surface area contributed by atoms with Crippen LogP contribution in [0.5, 0.6) is 0 Å². The van der Waals surface area contributed by atoms with E-state index in [4.69, 9.17) is 16.6 Å². The van der Waals surface area contributed by atoms with Gasteiger partial charge >= 0.3 is 0 Å². The van der Waals surface area contributed by atoms with Crippen LogP contribution in [-0.4, -0.2) is 70.7 Å². The summed E-state index contributed by atoms with van der Waals surface area (Å²) in [4.78, 5) is 40.6. The van der Waals surface area contributed by atoms with E-state index < -0.39 is 5.54 Å². The van der Waals surface area contributed by atoms with E-state index in [0.29, 0.717) is 36.8 Å². The van der Waals surface area contributed by atoms with Crippen molar-refractivity contribution in [3.8, 4) is 0 Å². The molecule has 1 N–H and O–H groups in total. The van der Waals surface area contributed by atoms with E-state index in [-0.39, 0.29) is 11.8 Å². The molecule has 5 rings (SSSR count). The number of aliphatic imine (C=N–C) groups is 1. The number of amides is 2. The lowest BCUT2D eigenvalue weighted by molar-refractivity contribution is -0.127. The van der Waals surface area contributed by atoms with Crippen LogP contribution in [0.2, 0.25) is 5.02 Å². The third-order valence-corrected chi connectivity index (χ3v) is 8.15. The molecule has 2 saturated carbocycles. The maximum absolute atomic E-state index is 13.6. The van der Waals surface area contributed by atoms with Crippen molar-refractivity contribution in [1.29, 1.82) is 0 Å². The Hall–Kier alpha value is -2.93. The molecule has 7 nitrogen and oxygen atoms in total. The van der Waals surface area contributed by atoms with Gasteiger partial charge in [0.2, 0.25) is 5.91 Å². The molecule has 0 unspecified atom stereocenters. The quantitative estimate of drug-likeness (QED) is 0.428. The number of hydrogen-bond donors (Lipinski definition) is 1. The second kappa shape index (κ2) is 11.6. The van der Waals surface area contributed by atoms with Gasteiger partial charge in [-0.1, -0.05) is 61.9 Å². The lowest BCUT2D eigenvalue weighted by Crippen LogP contribution is -2.53. The number of nitrogens with one attached hydrogen (secondary N) is 1. The highest BCUT2D eigenvalue weighted by Crippen LogP contribution is 2.34. The van der Waals surface area contributed by atoms with Crippen molar-refractivity contribution in [1.82, 2.24) is 20.1 Å². The molecule has 1 aliphatic heterocycles. The third-order valence-electron chi connectivity index (χ3n) is 7.82. The Labute approximate surface area is 224 Å². The molecule has 0 spiro atoms. The average molecular weight is 522 g/mol. The second-order valence-corrected chi connectivity index (χ2v) is 10.9. The number of nitrogens with zero attached hydrogens (tertiary/aromatic N) is 4. The SMILES string of the molecule is O=C(c1ccccc1Cl)N1CCN(C(=NC2(C(=O)NCCC3CC3)CCCCC2)c2ccccn2)CC1. The zero-order valence-corrected chi connectivity index (χ0v) is 22.1. The Morgan fingerprint density at radius 1 is 0.973 bits per heavy atom. The summed E-state index contributed by atoms with van der Waals surface area (Å²) in [5.41, 5.74) is 0.531. The number of hydrogen-bond acceptors (Lipinski definition) is 4. The predicted molar refractivity (Wildman–Crippen MR) is 146 cm³/mol. The third kappa shape index (κ3) is 6.15. The van der Waals surface area contributed by atoms with E-state index >= 15 is 0 Å². The molecule has 8 heteroatoms. The van der Waals surface area contributed by atoms with E-state index in [2.05, 4.69) is 15.2 Å². The average Bonchev–Trinajstić information content (AvgIpc) is 3.77. The van der Waals surface area contributed by atoms with Gasteiger partial charge in [-0.25, -0.2) is 4.99 Å². The fourth-order valence-corrected chi connectivity index (χ4v) is 5.62. The number of piperazine rings is 1. The van der Waals surface area contributed by atoms with Gasteiger partial charge in [-0.3, -0.25) is 14.6 Å². The van der Waals surface area contributed by atoms with E-state index in [1.54, 1.807) is 18.3 Å². The van der Waals surface area contributed by atoms with E-state index in [9.17, 15) is 9.59 Å². The summed E-state index contributed by atoms with van der Waals surface area (Å²) in [6, 6.07) is 13.0. The Balaban J connectivity index is 1.36. The van der Waals surface area contributed by atoms with Gasteiger partial charge < -0.3 is 15.1 Å². The van der Waals surface area contributed by atoms with Crippen molar-refractivity contribution in [2.75, 3.05) is 32.7 Å². The Kier molecular flexibility index (Phi) is 8.08. The first-order valence-electron chi connectivity index (χ1n) is 13.6. The standard InChI is InChI=1S/C29H36ClN5O2/c30-24-9-3-2-8-23(24)27(36)35-20-18-34(19-21-35)26(25-10-4-7-16-31-25)33-29(14-5-1-6-15-29)28(37)32-17-13-22-11-12-22/h2-4,7-10,16,22H,1,5-6,11-15,17-21H2,(H,32,37). The molecule has 1 aromatic carbocycles. The predicted octanol–water partition coefficient (Wildman–Crippen LogP) is 4.56. The Morgan fingerprint density at radius 2 is 1.68 bits per heavy atom. The normalized spacial score (nSPS) is 20.0. The molecule has 2 amide bonds. The van der Waals surface area contributed by atoms with Crippen LogP contribution < -0.4 is 5.32 Å². The van der Waals surface area contributed by atoms with Gasteiger partial charge in [0.05, 0.1) is 10.6 Å². The van der Waals surface area contributed by atoms with Crippen LogP contribution in [0, 0.1) is 5.92 Å². The lowest BCUT2D eigenvalue weighted by Gasteiger charge is -2.39. The second-order valence-electron chi connectivity index (χ2n) is 10.5. The molecule has 3 aliphatic rings. The van der Waals surface area contributed by atoms with Gasteiger partial charge in [0.25, 0.3) is 5.91 Å². The van der Waals surface area contributed by atoms with Crippen molar-refractivity contribution in [2.45, 2.75) is 56.9 Å². The molecule has 1 aromatic heterocycles. The fourth-order valence-electron chi connectivity index (χ4n) is 5.40. The maximum Gasteiger partial charge on any atom is 0.255 e. The molecule has 196 valence electrons. The Morgan fingerprint density at radius 3 is 2.35 bits per heavy atom. The lowest BCUT2D eigenvalue weighted by atomic mass is 9.81. The smallest absolute Gasteiger partial charge is 0.255 e. The van der Waals surface area contributed by atoms with E-state index in [1.807, 2.05) is 35.2 Å². The number of amidine groups is 1. The van der Waals surface area contributed by atoms with Crippen molar-refractivity contribution in [3.63, 3.8) is 0 Å². The van der Waals surface area contributed by atoms with Crippen LogP contribution in [0.3, 0.4) is 0 Å². The van der Waals surface area contributed by atoms with Crippen LogP contribution in [0.25, 0.3) is 0 Å². The number of pyridine rings is 1. The van der Waals surface area contributed by atoms with E-state index in [0.717, 1.165) is 62.5 Å². The van der Waals surface area contributed by atoms with Crippen molar-refractivity contribution in [3.05, 3.63) is 64.9 Å². The van der Waals surface area contributed by atoms with Crippen molar-refractivity contribution in [2.24, 2.45) is 10.9 Å². The van der Waals surface area contributed by atoms with Gasteiger partial charge in [-0.05, 0) is 49.4 Å². The molecule has 37 heavy (non-hydrogen) atoms. The van der Waals surface area contributed by atoms with Gasteiger partial charge in [-0.2, -0.15) is 0 Å². The molecular formula is C29H36ClN5O2. The van der Waals surface area contributed by atoms with Crippen LogP contribution in [0.15, 0.2) is 53.7 Å². The molecule has 0 radical (unpaired) electrons. The van der Waals surface area contributed by atoms with Crippen LogP contribution >= 0.6 is 11.6 Å². The number of halogens is 1. The summed E-state index contributed by atoms with van der Waals surface area (Å²) in [5.74, 6) is 1.53. The first kappa shape index (κ1) is 25.7. The molecule has 2 aromatic rings. The number of carbonyl (C=O) groups excluding carboxylic acids is 2. The van der Waals surface area contributed by atoms with Crippen LogP contribution in [0.1, 0.15) is 67.4 Å². The Bertz CT molecular complexity index is 1120. The van der Waals surface area contributed by atoms with Gasteiger partial charge in [0.15, 0.2) is 5.84 Å². The van der Waals surface area contributed by atoms with Crippen molar-refractivity contribution < 1.29 is 9.59 Å². The number of aromatic nitrogens is 1. The fraction of sp³-hybridized carbons (Fsp3) is 0.517. The molecule has 1 saturated heterocycles. The largest absolute Gasteiger partial charge is 0.354 e. The van der Waals surface area contributed by atoms with Gasteiger partial charge in [0, 0.05) is 38.9 Å². The highest BCUT2D eigenvalue weighted by molar-refractivity contribution is 6.33. The number of rotatable bonds is 7. The van der Waals surface area contributed by atoms with Crippen LogP contribution in [-0.2, 0) is 4.79 Å².